The van der Waals surface area contributed by atoms with Gasteiger partial charge in [0.1, 0.15) is 19.2 Å². The third-order valence-corrected chi connectivity index (χ3v) is 16.9. The van der Waals surface area contributed by atoms with Gasteiger partial charge in [-0.05, 0) is 143 Å². The van der Waals surface area contributed by atoms with Gasteiger partial charge >= 0.3 is 0 Å². The number of furan rings is 1. The van der Waals surface area contributed by atoms with Crippen molar-refractivity contribution in [3.63, 3.8) is 0 Å². The van der Waals surface area contributed by atoms with Gasteiger partial charge in [-0.3, -0.25) is 0 Å². The maximum atomic E-state index is 6.16. The highest BCUT2D eigenvalue weighted by atomic mass is 28.3. The van der Waals surface area contributed by atoms with Gasteiger partial charge in [-0.15, -0.1) is 0 Å². The van der Waals surface area contributed by atoms with Crippen LogP contribution in [0.2, 0.25) is 13.1 Å². The van der Waals surface area contributed by atoms with E-state index in [4.69, 9.17) is 4.42 Å². The Hall–Kier alpha value is -7.20. The summed E-state index contributed by atoms with van der Waals surface area (Å²) in [7, 11) is -1.92. The van der Waals surface area contributed by atoms with E-state index in [0.717, 1.165) is 21.9 Å². The van der Waals surface area contributed by atoms with Crippen LogP contribution in [-0.2, 0) is 0 Å². The summed E-state index contributed by atoms with van der Waals surface area (Å²) in [5.41, 5.74) is 13.2. The summed E-state index contributed by atoms with van der Waals surface area (Å²) in [6.07, 6.45) is 0. The molecule has 0 saturated carbocycles. The summed E-state index contributed by atoms with van der Waals surface area (Å²) in [4.78, 5) is 0. The third kappa shape index (κ3) is 4.68. The lowest BCUT2D eigenvalue weighted by Gasteiger charge is -2.19. The molecule has 2 nitrogen and oxygen atoms in total. The Morgan fingerprint density at radius 2 is 1.07 bits per heavy atom. The standard InChI is InChI=1S/C56H37NOSi/c1-59(2)54-26-21-39(43-15-9-11-34-10-3-4-12-42(34)43)32-49(54)56-46-33-40-29-41(23-18-35(40)28-38(46)22-27-55(56)59)57-50-16-7-5-13-44(50)47-30-36(19-24-51(47)57)37-20-25-53-48(31-37)45-14-6-8-17-52(45)58-53/h3-33H,1-2H3. The van der Waals surface area contributed by atoms with Crippen molar-refractivity contribution in [2.24, 2.45) is 0 Å². The van der Waals surface area contributed by atoms with Crippen LogP contribution in [0.15, 0.2) is 192 Å². The maximum absolute atomic E-state index is 6.16. The number of benzene rings is 10. The molecule has 0 aliphatic carbocycles. The van der Waals surface area contributed by atoms with Crippen LogP contribution >= 0.6 is 0 Å². The van der Waals surface area contributed by atoms with E-state index in [-0.39, 0.29) is 0 Å². The SMILES string of the molecule is C[Si]1(C)c2ccc(-c3cccc4ccccc34)cc2-c2c1ccc1cc3ccc(-n4c5ccccc5c5cc(-c6ccc7oc8ccccc8c7c6)ccc54)cc3cc21. The van der Waals surface area contributed by atoms with E-state index in [1.54, 1.807) is 0 Å². The normalized spacial score (nSPS) is 13.4. The van der Waals surface area contributed by atoms with Gasteiger partial charge in [0.15, 0.2) is 0 Å². The molecular formula is C56H37NOSi. The van der Waals surface area contributed by atoms with Gasteiger partial charge in [-0.25, -0.2) is 0 Å². The van der Waals surface area contributed by atoms with Crippen molar-refractivity contribution in [2.45, 2.75) is 13.1 Å². The average molecular weight is 768 g/mol. The highest BCUT2D eigenvalue weighted by Gasteiger charge is 2.38. The van der Waals surface area contributed by atoms with Crippen LogP contribution in [0.3, 0.4) is 0 Å². The predicted molar refractivity (Wildman–Crippen MR) is 254 cm³/mol. The molecule has 0 amide bonds. The molecule has 59 heavy (non-hydrogen) atoms. The lowest BCUT2D eigenvalue weighted by molar-refractivity contribution is 0.669. The molecule has 2 aromatic heterocycles. The first-order valence-electron chi connectivity index (χ1n) is 20.6. The zero-order chi connectivity index (χ0) is 39.0. The van der Waals surface area contributed by atoms with Crippen molar-refractivity contribution in [2.75, 3.05) is 0 Å². The van der Waals surface area contributed by atoms with Crippen molar-refractivity contribution < 1.29 is 4.42 Å². The molecule has 0 atom stereocenters. The first-order chi connectivity index (χ1) is 29.0. The number of rotatable bonds is 3. The topological polar surface area (TPSA) is 18.1 Å². The molecular weight excluding hydrogens is 731 g/mol. The van der Waals surface area contributed by atoms with Crippen molar-refractivity contribution in [3.8, 4) is 39.1 Å². The molecule has 0 unspecified atom stereocenters. The Morgan fingerprint density at radius 3 is 1.98 bits per heavy atom. The number of nitrogens with zero attached hydrogens (tertiary/aromatic N) is 1. The molecule has 0 saturated heterocycles. The number of aromatic nitrogens is 1. The summed E-state index contributed by atoms with van der Waals surface area (Å²) in [6.45, 7) is 5.04. The van der Waals surface area contributed by atoms with Gasteiger partial charge in [0, 0.05) is 27.2 Å². The molecule has 1 aliphatic rings. The van der Waals surface area contributed by atoms with E-state index < -0.39 is 8.07 Å². The van der Waals surface area contributed by atoms with Gasteiger partial charge < -0.3 is 8.98 Å². The van der Waals surface area contributed by atoms with Crippen LogP contribution < -0.4 is 10.4 Å². The molecule has 0 bridgehead atoms. The molecule has 3 heteroatoms. The zero-order valence-electron chi connectivity index (χ0n) is 32.8. The van der Waals surface area contributed by atoms with E-state index >= 15 is 0 Å². The van der Waals surface area contributed by atoms with E-state index in [9.17, 15) is 0 Å². The highest BCUT2D eigenvalue weighted by Crippen LogP contribution is 2.41. The van der Waals surface area contributed by atoms with Crippen molar-refractivity contribution in [3.05, 3.63) is 188 Å². The van der Waals surface area contributed by atoms with Crippen molar-refractivity contribution in [1.29, 1.82) is 0 Å². The van der Waals surface area contributed by atoms with Gasteiger partial charge in [-0.2, -0.15) is 0 Å². The second-order valence-electron chi connectivity index (χ2n) is 16.9. The average Bonchev–Trinajstić information content (AvgIpc) is 3.89. The number of para-hydroxylation sites is 2. The minimum absolute atomic E-state index is 0.919. The summed E-state index contributed by atoms with van der Waals surface area (Å²) < 4.78 is 8.60. The predicted octanol–water partition coefficient (Wildman–Crippen LogP) is 14.3. The largest absolute Gasteiger partial charge is 0.456 e. The molecule has 0 N–H and O–H groups in total. The van der Waals surface area contributed by atoms with Crippen molar-refractivity contribution in [1.82, 2.24) is 4.57 Å². The van der Waals surface area contributed by atoms with Crippen LogP contribution in [0.1, 0.15) is 0 Å². The molecule has 1 aliphatic heterocycles. The maximum Gasteiger partial charge on any atom is 0.135 e. The lowest BCUT2D eigenvalue weighted by Crippen LogP contribution is -2.49. The summed E-state index contributed by atoms with van der Waals surface area (Å²) in [5, 5.41) is 15.6. The smallest absolute Gasteiger partial charge is 0.135 e. The molecule has 10 aromatic carbocycles. The number of hydrogen-bond acceptors (Lipinski definition) is 1. The monoisotopic (exact) mass is 767 g/mol. The minimum Gasteiger partial charge on any atom is -0.456 e. The zero-order valence-corrected chi connectivity index (χ0v) is 33.8. The molecule has 0 fully saturated rings. The summed E-state index contributed by atoms with van der Waals surface area (Å²) in [5.74, 6) is 0. The van der Waals surface area contributed by atoms with Crippen LogP contribution in [-0.4, -0.2) is 12.6 Å². The van der Waals surface area contributed by atoms with E-state index in [0.29, 0.717) is 0 Å². The van der Waals surface area contributed by atoms with Crippen LogP contribution in [0.4, 0.5) is 0 Å². The Kier molecular flexibility index (Phi) is 6.63. The van der Waals surface area contributed by atoms with E-state index in [1.165, 1.54) is 104 Å². The van der Waals surface area contributed by atoms with Crippen LogP contribution in [0.25, 0.3) is 115 Å². The highest BCUT2D eigenvalue weighted by molar-refractivity contribution is 7.04. The third-order valence-electron chi connectivity index (χ3n) is 13.3. The van der Waals surface area contributed by atoms with Gasteiger partial charge in [0.25, 0.3) is 0 Å². The molecule has 3 heterocycles. The first kappa shape index (κ1) is 32.8. The molecule has 0 radical (unpaired) electrons. The first-order valence-corrected chi connectivity index (χ1v) is 23.6. The van der Waals surface area contributed by atoms with E-state index in [2.05, 4.69) is 194 Å². The number of hydrogen-bond donors (Lipinski definition) is 0. The van der Waals surface area contributed by atoms with Crippen molar-refractivity contribution >= 4 is 94.5 Å². The Balaban J connectivity index is 0.976. The Bertz CT molecular complexity index is 3760. The molecule has 0 spiro atoms. The second kappa shape index (κ2) is 11.9. The molecule has 276 valence electrons. The van der Waals surface area contributed by atoms with Gasteiger partial charge in [0.2, 0.25) is 0 Å². The summed E-state index contributed by atoms with van der Waals surface area (Å²) in [6, 6.07) is 70.0. The van der Waals surface area contributed by atoms with Gasteiger partial charge in [0.05, 0.1) is 11.0 Å². The van der Waals surface area contributed by atoms with Crippen LogP contribution in [0.5, 0.6) is 0 Å². The number of fused-ring (bicyclic) bond motifs is 13. The van der Waals surface area contributed by atoms with Crippen LogP contribution in [0, 0.1) is 0 Å². The Morgan fingerprint density at radius 1 is 0.373 bits per heavy atom. The quantitative estimate of drug-likeness (QED) is 0.129. The fourth-order valence-electron chi connectivity index (χ4n) is 10.4. The van der Waals surface area contributed by atoms with Gasteiger partial charge in [-0.1, -0.05) is 134 Å². The lowest BCUT2D eigenvalue weighted by atomic mass is 9.92. The molecule has 13 rings (SSSR count). The summed E-state index contributed by atoms with van der Waals surface area (Å²) >= 11 is 0. The minimum atomic E-state index is -1.92. The fourth-order valence-corrected chi connectivity index (χ4v) is 13.5. The molecule has 12 aromatic rings. The Labute approximate surface area is 342 Å². The fraction of sp³-hybridized carbons (Fsp3) is 0.0357. The second-order valence-corrected chi connectivity index (χ2v) is 21.2. The van der Waals surface area contributed by atoms with E-state index in [1.807, 2.05) is 12.1 Å².